The first kappa shape index (κ1) is 26.3. The van der Waals surface area contributed by atoms with Gasteiger partial charge in [-0.05, 0) is 48.2 Å². The van der Waals surface area contributed by atoms with E-state index >= 15 is 0 Å². The van der Waals surface area contributed by atoms with E-state index in [2.05, 4.69) is 23.1 Å². The summed E-state index contributed by atoms with van der Waals surface area (Å²) in [6.07, 6.45) is 2.76. The number of aromatic carboxylic acids is 1. The lowest BCUT2D eigenvalue weighted by molar-refractivity contribution is 0.0615. The largest absolute Gasteiger partial charge is 0.478 e. The van der Waals surface area contributed by atoms with Crippen molar-refractivity contribution in [1.82, 2.24) is 24.3 Å². The van der Waals surface area contributed by atoms with E-state index in [4.69, 9.17) is 9.97 Å². The number of aryl methyl sites for hydroxylation is 2. The third-order valence-corrected chi connectivity index (χ3v) is 8.68. The van der Waals surface area contributed by atoms with Crippen LogP contribution in [0.5, 0.6) is 0 Å². The minimum atomic E-state index is -1.01. The van der Waals surface area contributed by atoms with Gasteiger partial charge in [-0.3, -0.25) is 14.7 Å². The minimum absolute atomic E-state index is 0.0713. The quantitative estimate of drug-likeness (QED) is 0.304. The van der Waals surface area contributed by atoms with Gasteiger partial charge in [-0.15, -0.1) is 0 Å². The van der Waals surface area contributed by atoms with Gasteiger partial charge < -0.3 is 14.6 Å². The van der Waals surface area contributed by atoms with Crippen molar-refractivity contribution in [2.24, 2.45) is 0 Å². The van der Waals surface area contributed by atoms with Crippen LogP contribution in [-0.4, -0.2) is 67.5 Å². The Kier molecular flexibility index (Phi) is 6.70. The number of carboxylic acids is 1. The zero-order valence-corrected chi connectivity index (χ0v) is 23.7. The molecule has 0 radical (unpaired) electrons. The van der Waals surface area contributed by atoms with Gasteiger partial charge in [0.15, 0.2) is 0 Å². The third kappa shape index (κ3) is 4.61. The predicted molar refractivity (Wildman–Crippen MR) is 163 cm³/mol. The van der Waals surface area contributed by atoms with Crippen LogP contribution in [0, 0.1) is 6.92 Å². The zero-order chi connectivity index (χ0) is 28.8. The second-order valence-corrected chi connectivity index (χ2v) is 11.4. The number of carboxylic acid groups (broad SMARTS) is 1. The van der Waals surface area contributed by atoms with Gasteiger partial charge >= 0.3 is 5.97 Å². The number of hydrogen-bond acceptors (Lipinski definition) is 5. The number of carbonyl (C=O) groups excluding carboxylic acids is 1. The normalized spacial score (nSPS) is 15.7. The lowest BCUT2D eigenvalue weighted by Gasteiger charge is -2.35. The molecule has 2 aromatic heterocycles. The average molecular weight is 560 g/mol. The maximum absolute atomic E-state index is 14.3. The number of para-hydroxylation sites is 1. The number of piperazine rings is 1. The first-order valence-corrected chi connectivity index (χ1v) is 14.7. The van der Waals surface area contributed by atoms with Gasteiger partial charge in [0, 0.05) is 56.6 Å². The second kappa shape index (κ2) is 10.7. The van der Waals surface area contributed by atoms with E-state index in [1.54, 1.807) is 0 Å². The fraction of sp³-hybridized carbons (Fsp3) is 0.294. The van der Waals surface area contributed by atoms with Crippen molar-refractivity contribution in [3.8, 4) is 11.3 Å². The molecule has 8 heteroatoms. The Hall–Kier alpha value is -4.56. The number of amides is 1. The Bertz CT molecular complexity index is 1850. The SMILES string of the molecule is Cc1cc2ccccc2c(C(=O)O)c1-c1nc2n(c1C(=O)N1CCN(Cc3ccc4ccccc4n3)CC1)CCCC2. The van der Waals surface area contributed by atoms with Crippen LogP contribution < -0.4 is 0 Å². The molecule has 4 heterocycles. The molecule has 7 rings (SSSR count). The fourth-order valence-electron chi connectivity index (χ4n) is 6.57. The van der Waals surface area contributed by atoms with Crippen molar-refractivity contribution in [3.63, 3.8) is 0 Å². The molecular formula is C34H33N5O3. The number of benzene rings is 3. The number of aromatic nitrogens is 3. The number of fused-ring (bicyclic) bond motifs is 3. The number of nitrogens with zero attached hydrogens (tertiary/aromatic N) is 5. The van der Waals surface area contributed by atoms with Gasteiger partial charge in [0.05, 0.1) is 16.8 Å². The van der Waals surface area contributed by atoms with Gasteiger partial charge in [0.1, 0.15) is 17.2 Å². The zero-order valence-electron chi connectivity index (χ0n) is 23.7. The molecule has 1 N–H and O–H groups in total. The first-order chi connectivity index (χ1) is 20.5. The van der Waals surface area contributed by atoms with E-state index in [0.717, 1.165) is 72.3 Å². The van der Waals surface area contributed by atoms with Gasteiger partial charge in [-0.25, -0.2) is 9.78 Å². The Morgan fingerprint density at radius 2 is 1.62 bits per heavy atom. The molecule has 42 heavy (non-hydrogen) atoms. The van der Waals surface area contributed by atoms with Gasteiger partial charge in [-0.1, -0.05) is 54.6 Å². The molecule has 0 atom stereocenters. The number of pyridine rings is 1. The van der Waals surface area contributed by atoms with Crippen molar-refractivity contribution in [3.05, 3.63) is 95.1 Å². The molecule has 8 nitrogen and oxygen atoms in total. The Balaban J connectivity index is 1.20. The Labute approximate surface area is 244 Å². The summed E-state index contributed by atoms with van der Waals surface area (Å²) < 4.78 is 2.05. The molecule has 3 aromatic carbocycles. The van der Waals surface area contributed by atoms with Crippen LogP contribution in [0.25, 0.3) is 32.9 Å². The molecule has 2 aliphatic rings. The predicted octanol–water partition coefficient (Wildman–Crippen LogP) is 5.55. The van der Waals surface area contributed by atoms with Crippen LogP contribution in [0.4, 0.5) is 0 Å². The van der Waals surface area contributed by atoms with Crippen LogP contribution in [0.2, 0.25) is 0 Å². The summed E-state index contributed by atoms with van der Waals surface area (Å²) in [7, 11) is 0. The molecule has 1 saturated heterocycles. The number of rotatable bonds is 5. The summed E-state index contributed by atoms with van der Waals surface area (Å²) in [5.74, 6) is -0.215. The molecule has 212 valence electrons. The highest BCUT2D eigenvalue weighted by atomic mass is 16.4. The van der Waals surface area contributed by atoms with Gasteiger partial charge in [0.25, 0.3) is 5.91 Å². The van der Waals surface area contributed by atoms with E-state index in [9.17, 15) is 14.7 Å². The third-order valence-electron chi connectivity index (χ3n) is 8.68. The summed E-state index contributed by atoms with van der Waals surface area (Å²) >= 11 is 0. The highest BCUT2D eigenvalue weighted by molar-refractivity contribution is 6.12. The fourth-order valence-corrected chi connectivity index (χ4v) is 6.57. The topological polar surface area (TPSA) is 91.6 Å². The van der Waals surface area contributed by atoms with E-state index in [0.29, 0.717) is 42.0 Å². The summed E-state index contributed by atoms with van der Waals surface area (Å²) in [4.78, 5) is 41.0. The molecule has 0 aliphatic carbocycles. The molecule has 1 fully saturated rings. The number of imidazole rings is 1. The molecule has 0 bridgehead atoms. The monoisotopic (exact) mass is 559 g/mol. The summed E-state index contributed by atoms with van der Waals surface area (Å²) in [6, 6.07) is 21.8. The lowest BCUT2D eigenvalue weighted by Crippen LogP contribution is -2.48. The lowest BCUT2D eigenvalue weighted by atomic mass is 9.91. The summed E-state index contributed by atoms with van der Waals surface area (Å²) in [5.41, 5.74) is 4.61. The van der Waals surface area contributed by atoms with Gasteiger partial charge in [-0.2, -0.15) is 0 Å². The van der Waals surface area contributed by atoms with E-state index in [1.165, 1.54) is 0 Å². The molecule has 0 saturated carbocycles. The minimum Gasteiger partial charge on any atom is -0.478 e. The van der Waals surface area contributed by atoms with Crippen molar-refractivity contribution in [1.29, 1.82) is 0 Å². The van der Waals surface area contributed by atoms with Crippen molar-refractivity contribution in [2.45, 2.75) is 39.3 Å². The maximum atomic E-state index is 14.3. The van der Waals surface area contributed by atoms with Crippen LogP contribution in [0.3, 0.4) is 0 Å². The summed E-state index contributed by atoms with van der Waals surface area (Å²) in [5, 5.41) is 13.1. The number of hydrogen-bond donors (Lipinski definition) is 1. The van der Waals surface area contributed by atoms with Crippen molar-refractivity contribution in [2.75, 3.05) is 26.2 Å². The van der Waals surface area contributed by atoms with E-state index < -0.39 is 5.97 Å². The standard InChI is InChI=1S/C34H33N5O3/c1-22-20-24-9-2-4-10-26(24)30(34(41)42)29(22)31-32(39-15-7-6-12-28(39)36-31)33(40)38-18-16-37(17-19-38)21-25-14-13-23-8-3-5-11-27(23)35-25/h2-5,8-11,13-14,20H,6-7,12,15-19,21H2,1H3,(H,41,42). The van der Waals surface area contributed by atoms with Crippen molar-refractivity contribution < 1.29 is 14.7 Å². The summed E-state index contributed by atoms with van der Waals surface area (Å²) in [6.45, 7) is 6.03. The highest BCUT2D eigenvalue weighted by Gasteiger charge is 2.33. The smallest absolute Gasteiger partial charge is 0.337 e. The van der Waals surface area contributed by atoms with E-state index in [1.807, 2.05) is 64.9 Å². The Morgan fingerprint density at radius 3 is 2.43 bits per heavy atom. The van der Waals surface area contributed by atoms with Crippen LogP contribution >= 0.6 is 0 Å². The average Bonchev–Trinajstić information content (AvgIpc) is 3.39. The molecule has 0 spiro atoms. The molecular weight excluding hydrogens is 526 g/mol. The van der Waals surface area contributed by atoms with Crippen LogP contribution in [-0.2, 0) is 19.5 Å². The molecule has 2 aliphatic heterocycles. The highest BCUT2D eigenvalue weighted by Crippen LogP contribution is 2.37. The maximum Gasteiger partial charge on any atom is 0.337 e. The van der Waals surface area contributed by atoms with Crippen molar-refractivity contribution >= 4 is 33.6 Å². The van der Waals surface area contributed by atoms with E-state index in [-0.39, 0.29) is 11.5 Å². The Morgan fingerprint density at radius 1 is 0.857 bits per heavy atom. The number of carbonyl (C=O) groups is 2. The second-order valence-electron chi connectivity index (χ2n) is 11.4. The molecule has 1 amide bonds. The molecule has 5 aromatic rings. The first-order valence-electron chi connectivity index (χ1n) is 14.7. The van der Waals surface area contributed by atoms with Crippen LogP contribution in [0.15, 0.2) is 66.7 Å². The van der Waals surface area contributed by atoms with Gasteiger partial charge in [0.2, 0.25) is 0 Å². The van der Waals surface area contributed by atoms with Crippen LogP contribution in [0.1, 0.15) is 50.8 Å². The molecule has 0 unspecified atom stereocenters.